The van der Waals surface area contributed by atoms with Gasteiger partial charge < -0.3 is 0 Å². The summed E-state index contributed by atoms with van der Waals surface area (Å²) in [5.74, 6) is 0. The minimum atomic E-state index is 1.000. The van der Waals surface area contributed by atoms with Crippen LogP contribution in [0, 0.1) is 0 Å². The van der Waals surface area contributed by atoms with E-state index in [1.165, 1.54) is 11.1 Å². The molecular weight excluding hydrogens is 132 g/mol. The van der Waals surface area contributed by atoms with Gasteiger partial charge in [0.1, 0.15) is 0 Å². The Balaban J connectivity index is 4.14. The summed E-state index contributed by atoms with van der Waals surface area (Å²) in [6, 6.07) is 0. The monoisotopic (exact) mass is 150 g/mol. The minimum Gasteiger partial charge on any atom is -0.103 e. The van der Waals surface area contributed by atoms with Crippen LogP contribution in [0.2, 0.25) is 0 Å². The molecule has 0 saturated carbocycles. The van der Waals surface area contributed by atoms with E-state index in [0.29, 0.717) is 0 Å². The Bertz CT molecular complexity index is 170. The van der Waals surface area contributed by atoms with E-state index in [9.17, 15) is 0 Å². The standard InChI is InChI=1S/C11H18/c1-5-7-9-11(4)10(3)8-6-2/h6-7,9H,2,5,8H2,1,3-4H3/b9-7-,11-10-. The van der Waals surface area contributed by atoms with Gasteiger partial charge >= 0.3 is 0 Å². The largest absolute Gasteiger partial charge is 0.103 e. The normalized spacial score (nSPS) is 13.4. The average Bonchev–Trinajstić information content (AvgIpc) is 2.00. The number of allylic oxidation sites excluding steroid dienone is 5. The van der Waals surface area contributed by atoms with Crippen molar-refractivity contribution in [3.05, 3.63) is 36.0 Å². The van der Waals surface area contributed by atoms with Gasteiger partial charge in [-0.1, -0.05) is 36.3 Å². The smallest absolute Gasteiger partial charge is 0.0139 e. The van der Waals surface area contributed by atoms with Crippen molar-refractivity contribution in [3.63, 3.8) is 0 Å². The summed E-state index contributed by atoms with van der Waals surface area (Å²) in [5.41, 5.74) is 2.77. The fourth-order valence-electron chi connectivity index (χ4n) is 0.814. The van der Waals surface area contributed by atoms with Gasteiger partial charge in [0, 0.05) is 0 Å². The van der Waals surface area contributed by atoms with Gasteiger partial charge in [-0.15, -0.1) is 6.58 Å². The minimum absolute atomic E-state index is 1.000. The third kappa shape index (κ3) is 4.60. The molecule has 11 heavy (non-hydrogen) atoms. The molecule has 0 radical (unpaired) electrons. The molecule has 0 aliphatic carbocycles. The van der Waals surface area contributed by atoms with Gasteiger partial charge in [-0.05, 0) is 26.7 Å². The fourth-order valence-corrected chi connectivity index (χ4v) is 0.814. The molecule has 0 spiro atoms. The van der Waals surface area contributed by atoms with Crippen molar-refractivity contribution in [2.24, 2.45) is 0 Å². The molecule has 0 heterocycles. The van der Waals surface area contributed by atoms with Crippen molar-refractivity contribution in [1.82, 2.24) is 0 Å². The Hall–Kier alpha value is -0.780. The lowest BCUT2D eigenvalue weighted by molar-refractivity contribution is 1.15. The summed E-state index contributed by atoms with van der Waals surface area (Å²) in [5, 5.41) is 0. The Kier molecular flexibility index (Phi) is 5.54. The van der Waals surface area contributed by atoms with Crippen molar-refractivity contribution in [2.45, 2.75) is 33.6 Å². The number of hydrogen-bond donors (Lipinski definition) is 0. The summed E-state index contributed by atoms with van der Waals surface area (Å²) >= 11 is 0. The molecule has 62 valence electrons. The van der Waals surface area contributed by atoms with Gasteiger partial charge in [0.15, 0.2) is 0 Å². The fraction of sp³-hybridized carbons (Fsp3) is 0.455. The van der Waals surface area contributed by atoms with Crippen LogP contribution < -0.4 is 0 Å². The van der Waals surface area contributed by atoms with E-state index in [1.54, 1.807) is 0 Å². The molecule has 0 atom stereocenters. The average molecular weight is 150 g/mol. The van der Waals surface area contributed by atoms with E-state index in [2.05, 4.69) is 39.5 Å². The summed E-state index contributed by atoms with van der Waals surface area (Å²) < 4.78 is 0. The highest BCUT2D eigenvalue weighted by molar-refractivity contribution is 5.23. The molecule has 0 saturated heterocycles. The maximum atomic E-state index is 3.71. The molecule has 0 fully saturated rings. The topological polar surface area (TPSA) is 0 Å². The van der Waals surface area contributed by atoms with Crippen molar-refractivity contribution in [1.29, 1.82) is 0 Å². The highest BCUT2D eigenvalue weighted by Gasteiger charge is 1.88. The van der Waals surface area contributed by atoms with E-state index in [4.69, 9.17) is 0 Å². The highest BCUT2D eigenvalue weighted by Crippen LogP contribution is 2.09. The summed E-state index contributed by atoms with van der Waals surface area (Å²) in [6.45, 7) is 10.1. The first kappa shape index (κ1) is 10.2. The van der Waals surface area contributed by atoms with Gasteiger partial charge in [-0.25, -0.2) is 0 Å². The predicted molar refractivity (Wildman–Crippen MR) is 52.6 cm³/mol. The third-order valence-corrected chi connectivity index (χ3v) is 1.73. The molecule has 0 bridgehead atoms. The second-order valence-electron chi connectivity index (χ2n) is 2.77. The molecule has 0 aromatic heterocycles. The maximum absolute atomic E-state index is 3.71. The molecule has 0 heteroatoms. The molecule has 0 aliphatic heterocycles. The van der Waals surface area contributed by atoms with Gasteiger partial charge in [-0.3, -0.25) is 0 Å². The summed E-state index contributed by atoms with van der Waals surface area (Å²) in [7, 11) is 0. The van der Waals surface area contributed by atoms with Gasteiger partial charge in [0.2, 0.25) is 0 Å². The first-order chi connectivity index (χ1) is 5.22. The van der Waals surface area contributed by atoms with E-state index >= 15 is 0 Å². The van der Waals surface area contributed by atoms with Gasteiger partial charge in [0.25, 0.3) is 0 Å². The lowest BCUT2D eigenvalue weighted by Gasteiger charge is -1.98. The van der Waals surface area contributed by atoms with Crippen LogP contribution in [-0.2, 0) is 0 Å². The number of rotatable bonds is 4. The second kappa shape index (κ2) is 5.96. The van der Waals surface area contributed by atoms with E-state index < -0.39 is 0 Å². The molecule has 0 aromatic carbocycles. The zero-order valence-electron chi connectivity index (χ0n) is 7.85. The maximum Gasteiger partial charge on any atom is -0.0139 e. The Labute approximate surface area is 70.3 Å². The van der Waals surface area contributed by atoms with Crippen LogP contribution in [0.1, 0.15) is 33.6 Å². The number of hydrogen-bond acceptors (Lipinski definition) is 0. The van der Waals surface area contributed by atoms with Crippen LogP contribution in [0.4, 0.5) is 0 Å². The van der Waals surface area contributed by atoms with Gasteiger partial charge in [0.05, 0.1) is 0 Å². The molecule has 0 rings (SSSR count). The third-order valence-electron chi connectivity index (χ3n) is 1.73. The summed E-state index contributed by atoms with van der Waals surface area (Å²) in [4.78, 5) is 0. The second-order valence-corrected chi connectivity index (χ2v) is 2.77. The summed E-state index contributed by atoms with van der Waals surface area (Å²) in [6.07, 6.45) is 8.41. The zero-order chi connectivity index (χ0) is 8.69. The molecule has 0 nitrogen and oxygen atoms in total. The lowest BCUT2D eigenvalue weighted by atomic mass is 10.1. The molecule has 0 unspecified atom stereocenters. The van der Waals surface area contributed by atoms with E-state index in [-0.39, 0.29) is 0 Å². The quantitative estimate of drug-likeness (QED) is 0.421. The van der Waals surface area contributed by atoms with Crippen LogP contribution in [0.15, 0.2) is 36.0 Å². The van der Waals surface area contributed by atoms with Crippen molar-refractivity contribution in [3.8, 4) is 0 Å². The Morgan fingerprint density at radius 1 is 1.36 bits per heavy atom. The van der Waals surface area contributed by atoms with E-state index in [0.717, 1.165) is 12.8 Å². The van der Waals surface area contributed by atoms with E-state index in [1.807, 2.05) is 6.08 Å². The van der Waals surface area contributed by atoms with Crippen LogP contribution in [-0.4, -0.2) is 0 Å². The molecule has 0 aliphatic rings. The first-order valence-electron chi connectivity index (χ1n) is 4.16. The van der Waals surface area contributed by atoms with Crippen molar-refractivity contribution < 1.29 is 0 Å². The Morgan fingerprint density at radius 3 is 2.45 bits per heavy atom. The Morgan fingerprint density at radius 2 is 2.00 bits per heavy atom. The van der Waals surface area contributed by atoms with Crippen LogP contribution in [0.3, 0.4) is 0 Å². The molecule has 0 aromatic rings. The lowest BCUT2D eigenvalue weighted by Crippen LogP contribution is -1.78. The molecule has 0 N–H and O–H groups in total. The van der Waals surface area contributed by atoms with Gasteiger partial charge in [-0.2, -0.15) is 0 Å². The zero-order valence-corrected chi connectivity index (χ0v) is 7.85. The van der Waals surface area contributed by atoms with Crippen molar-refractivity contribution in [2.75, 3.05) is 0 Å². The molecule has 0 amide bonds. The molecular formula is C11H18. The van der Waals surface area contributed by atoms with Crippen LogP contribution in [0.25, 0.3) is 0 Å². The SMILES string of the molecule is C=CC/C(C)=C(C)\C=C/CC. The first-order valence-corrected chi connectivity index (χ1v) is 4.16. The van der Waals surface area contributed by atoms with Crippen molar-refractivity contribution >= 4 is 0 Å². The van der Waals surface area contributed by atoms with Crippen LogP contribution >= 0.6 is 0 Å². The van der Waals surface area contributed by atoms with Crippen LogP contribution in [0.5, 0.6) is 0 Å². The predicted octanol–water partition coefficient (Wildman–Crippen LogP) is 3.87. The highest BCUT2D eigenvalue weighted by atomic mass is 13.9.